The van der Waals surface area contributed by atoms with Gasteiger partial charge < -0.3 is 14.7 Å². The van der Waals surface area contributed by atoms with Gasteiger partial charge in [-0.3, -0.25) is 0 Å². The Labute approximate surface area is 436 Å². The van der Waals surface area contributed by atoms with Crippen LogP contribution in [0.5, 0.6) is 0 Å². The van der Waals surface area contributed by atoms with Gasteiger partial charge in [-0.15, -0.1) is 0 Å². The van der Waals surface area contributed by atoms with Crippen LogP contribution in [0.2, 0.25) is 0 Å². The third-order valence-corrected chi connectivity index (χ3v) is 15.9. The molecule has 0 saturated carbocycles. The van der Waals surface area contributed by atoms with E-state index in [0.717, 1.165) is 47.0 Å². The lowest BCUT2D eigenvalue weighted by atomic mass is 9.64. The van der Waals surface area contributed by atoms with E-state index in [-0.39, 0.29) is 0 Å². The molecule has 3 aliphatic rings. The molecule has 0 fully saturated rings. The summed E-state index contributed by atoms with van der Waals surface area (Å²) in [5.41, 5.74) is 27.6. The zero-order valence-corrected chi connectivity index (χ0v) is 42.4. The molecule has 356 valence electrons. The minimum atomic E-state index is -0.705. The summed E-state index contributed by atoms with van der Waals surface area (Å²) in [6, 6.07) is 90.2. The maximum atomic E-state index is 2.54. The molecule has 0 aromatic heterocycles. The molecule has 3 nitrogen and oxygen atoms in total. The van der Waals surface area contributed by atoms with Crippen LogP contribution in [0, 0.1) is 20.8 Å². The third kappa shape index (κ3) is 7.25. The van der Waals surface area contributed by atoms with Gasteiger partial charge in [-0.1, -0.05) is 163 Å². The number of benzene rings is 10. The van der Waals surface area contributed by atoms with Crippen molar-refractivity contribution < 1.29 is 0 Å². The Bertz CT molecular complexity index is 3800. The van der Waals surface area contributed by atoms with Gasteiger partial charge in [0.25, 0.3) is 0 Å². The molecule has 0 N–H and O–H groups in total. The first-order valence-corrected chi connectivity index (χ1v) is 26.1. The summed E-state index contributed by atoms with van der Waals surface area (Å²) in [6.45, 7) is 8.98. The summed E-state index contributed by atoms with van der Waals surface area (Å²) in [5.74, 6) is 0. The Morgan fingerprint density at radius 1 is 0.338 bits per heavy atom. The number of rotatable bonds is 9. The van der Waals surface area contributed by atoms with Gasteiger partial charge in [0.1, 0.15) is 0 Å². The monoisotopic (exact) mass is 951 g/mol. The van der Waals surface area contributed by atoms with Gasteiger partial charge in [-0.2, -0.15) is 0 Å². The van der Waals surface area contributed by atoms with E-state index in [1.807, 2.05) is 0 Å². The highest BCUT2D eigenvalue weighted by Crippen LogP contribution is 2.64. The Morgan fingerprint density at radius 3 is 1.39 bits per heavy atom. The number of nitrogens with zero attached hydrogens (tertiary/aromatic N) is 3. The normalized spacial score (nSPS) is 13.9. The van der Waals surface area contributed by atoms with E-state index in [2.05, 4.69) is 291 Å². The minimum Gasteiger partial charge on any atom is -0.314 e. The lowest BCUT2D eigenvalue weighted by molar-refractivity contribution is 0.752. The highest BCUT2D eigenvalue weighted by Gasteiger charge is 2.52. The first-order chi connectivity index (χ1) is 36.4. The lowest BCUT2D eigenvalue weighted by Gasteiger charge is -2.45. The number of allylic oxidation sites excluding steroid dienone is 4. The van der Waals surface area contributed by atoms with Crippen LogP contribution in [0.1, 0.15) is 64.3 Å². The first-order valence-electron chi connectivity index (χ1n) is 26.1. The Kier molecular flexibility index (Phi) is 11.1. The molecule has 10 aromatic rings. The first kappa shape index (κ1) is 45.0. The number of para-hydroxylation sites is 5. The Morgan fingerprint density at radius 2 is 0.797 bits per heavy atom. The fourth-order valence-corrected chi connectivity index (χ4v) is 12.4. The smallest absolute Gasteiger partial charge is 0.0755 e. The van der Waals surface area contributed by atoms with E-state index >= 15 is 0 Å². The summed E-state index contributed by atoms with van der Waals surface area (Å²) in [6.07, 6.45) is 4.39. The van der Waals surface area contributed by atoms with Crippen molar-refractivity contribution in [1.29, 1.82) is 0 Å². The Hall–Kier alpha value is -8.92. The van der Waals surface area contributed by atoms with E-state index in [0.29, 0.717) is 0 Å². The van der Waals surface area contributed by atoms with Gasteiger partial charge >= 0.3 is 0 Å². The van der Waals surface area contributed by atoms with Crippen molar-refractivity contribution in [2.75, 3.05) is 14.7 Å². The predicted octanol–water partition coefficient (Wildman–Crippen LogP) is 19.2. The van der Waals surface area contributed by atoms with Gasteiger partial charge in [0.15, 0.2) is 0 Å². The van der Waals surface area contributed by atoms with Crippen LogP contribution in [-0.4, -0.2) is 0 Å². The second kappa shape index (κ2) is 18.3. The lowest BCUT2D eigenvalue weighted by Crippen LogP contribution is -2.36. The van der Waals surface area contributed by atoms with Crippen LogP contribution in [-0.2, 0) is 5.41 Å². The summed E-state index contributed by atoms with van der Waals surface area (Å²) in [5, 5.41) is 0. The molecule has 74 heavy (non-hydrogen) atoms. The summed E-state index contributed by atoms with van der Waals surface area (Å²) < 4.78 is 0. The average molecular weight is 952 g/mol. The molecule has 2 aliphatic carbocycles. The highest BCUT2D eigenvalue weighted by atomic mass is 15.2. The van der Waals surface area contributed by atoms with E-state index in [4.69, 9.17) is 0 Å². The molecule has 0 atom stereocenters. The average Bonchev–Trinajstić information content (AvgIpc) is 3.73. The van der Waals surface area contributed by atoms with E-state index in [1.54, 1.807) is 0 Å². The third-order valence-electron chi connectivity index (χ3n) is 15.9. The van der Waals surface area contributed by atoms with Gasteiger partial charge in [0.05, 0.1) is 16.8 Å². The van der Waals surface area contributed by atoms with Crippen LogP contribution in [0.3, 0.4) is 0 Å². The van der Waals surface area contributed by atoms with Gasteiger partial charge in [-0.05, 0) is 204 Å². The molecular weight excluding hydrogens is 895 g/mol. The molecule has 10 aromatic carbocycles. The van der Waals surface area contributed by atoms with Crippen LogP contribution in [0.15, 0.2) is 260 Å². The molecule has 13 rings (SSSR count). The van der Waals surface area contributed by atoms with E-state index in [9.17, 15) is 0 Å². The largest absolute Gasteiger partial charge is 0.314 e. The molecular formula is C71H57N3. The Balaban J connectivity index is 1.08. The van der Waals surface area contributed by atoms with Crippen molar-refractivity contribution in [1.82, 2.24) is 0 Å². The van der Waals surface area contributed by atoms with Crippen molar-refractivity contribution in [2.24, 2.45) is 0 Å². The van der Waals surface area contributed by atoms with Crippen LogP contribution in [0.25, 0.3) is 27.8 Å². The van der Waals surface area contributed by atoms with Crippen LogP contribution < -0.4 is 14.7 Å². The van der Waals surface area contributed by atoms with Crippen LogP contribution in [0.4, 0.5) is 45.5 Å². The SMILES string of the molecule is CC1=C(c2ccccc2C)C=C(N(c2ccccc2)c2ccc3c(c2)C2(c4cc(N(c5ccccc5)c5ccc(C)c(-c6ccccc6C)c5)ccc4-3)c3ccccc3N(c3ccccc3)c3ccccc32)CC1. The van der Waals surface area contributed by atoms with Crippen molar-refractivity contribution >= 4 is 51.1 Å². The standard InChI is InChI=1S/C71H57N3/c1-48-22-14-16-30-59(48)63-44-55(38-36-50(63)3)72(52-24-8-5-9-25-52)57-40-42-61-62-43-41-58(73(53-26-10-6-11-27-53)56-39-37-51(4)64(45-56)60-31-17-15-23-49(60)2)47-68(62)71(67(61)46-57)65-32-18-20-34-69(65)74(54-28-12-7-13-29-54)70-35-21-19-33-66(70)71/h5-36,38,40-47H,37,39H2,1-4H3. The quantitative estimate of drug-likeness (QED) is 0.143. The van der Waals surface area contributed by atoms with E-state index in [1.165, 1.54) is 95.0 Å². The molecule has 1 heterocycles. The number of anilines is 8. The molecule has 1 aliphatic heterocycles. The molecule has 0 bridgehead atoms. The van der Waals surface area contributed by atoms with Gasteiger partial charge in [0, 0.05) is 39.8 Å². The fourth-order valence-electron chi connectivity index (χ4n) is 12.4. The molecule has 3 heteroatoms. The molecule has 0 amide bonds. The van der Waals surface area contributed by atoms with E-state index < -0.39 is 5.41 Å². The zero-order chi connectivity index (χ0) is 49.9. The molecule has 1 spiro atoms. The molecule has 0 unspecified atom stereocenters. The zero-order valence-electron chi connectivity index (χ0n) is 42.4. The topological polar surface area (TPSA) is 9.72 Å². The minimum absolute atomic E-state index is 0.705. The highest BCUT2D eigenvalue weighted by molar-refractivity contribution is 5.98. The second-order valence-electron chi connectivity index (χ2n) is 20.2. The van der Waals surface area contributed by atoms with Crippen LogP contribution >= 0.6 is 0 Å². The number of hydrogen-bond donors (Lipinski definition) is 0. The van der Waals surface area contributed by atoms with Crippen molar-refractivity contribution in [3.05, 3.63) is 305 Å². The van der Waals surface area contributed by atoms with Gasteiger partial charge in [0.2, 0.25) is 0 Å². The summed E-state index contributed by atoms with van der Waals surface area (Å²) in [7, 11) is 0. The maximum Gasteiger partial charge on any atom is 0.0755 e. The maximum absolute atomic E-state index is 2.54. The predicted molar refractivity (Wildman–Crippen MR) is 311 cm³/mol. The fraction of sp³-hybridized carbons (Fsp3) is 0.0986. The number of fused-ring (bicyclic) bond motifs is 9. The van der Waals surface area contributed by atoms with Crippen molar-refractivity contribution in [2.45, 2.75) is 46.0 Å². The van der Waals surface area contributed by atoms with Crippen molar-refractivity contribution in [3.63, 3.8) is 0 Å². The summed E-state index contributed by atoms with van der Waals surface area (Å²) in [4.78, 5) is 7.46. The number of aryl methyl sites for hydroxylation is 3. The second-order valence-corrected chi connectivity index (χ2v) is 20.2. The summed E-state index contributed by atoms with van der Waals surface area (Å²) >= 11 is 0. The molecule has 0 radical (unpaired) electrons. The van der Waals surface area contributed by atoms with Crippen molar-refractivity contribution in [3.8, 4) is 22.3 Å². The number of hydrogen-bond acceptors (Lipinski definition) is 3. The molecule has 0 saturated heterocycles. The van der Waals surface area contributed by atoms with Gasteiger partial charge in [-0.25, -0.2) is 0 Å².